The van der Waals surface area contributed by atoms with Gasteiger partial charge in [-0.15, -0.1) is 4.40 Å². The maximum absolute atomic E-state index is 12.8. The van der Waals surface area contributed by atoms with Gasteiger partial charge in [-0.3, -0.25) is 9.69 Å². The van der Waals surface area contributed by atoms with Crippen LogP contribution in [0, 0.1) is 5.92 Å². The summed E-state index contributed by atoms with van der Waals surface area (Å²) >= 11 is 0. The Labute approximate surface area is 186 Å². The zero-order chi connectivity index (χ0) is 22.3. The maximum atomic E-state index is 12.8. The van der Waals surface area contributed by atoms with E-state index >= 15 is 0 Å². The summed E-state index contributed by atoms with van der Waals surface area (Å²) in [5, 5.41) is 5.71. The van der Waals surface area contributed by atoms with Gasteiger partial charge in [0.25, 0.3) is 10.0 Å². The highest BCUT2D eigenvalue weighted by molar-refractivity contribution is 7.90. The van der Waals surface area contributed by atoms with Gasteiger partial charge >= 0.3 is 6.03 Å². The van der Waals surface area contributed by atoms with E-state index in [9.17, 15) is 18.0 Å². The van der Waals surface area contributed by atoms with E-state index in [-0.39, 0.29) is 22.8 Å². The highest BCUT2D eigenvalue weighted by Crippen LogP contribution is 2.30. The number of urea groups is 1. The summed E-state index contributed by atoms with van der Waals surface area (Å²) in [6.45, 7) is 2.37. The zero-order valence-electron chi connectivity index (χ0n) is 17.3. The number of fused-ring (bicyclic) bond motifs is 1. The third-order valence-electron chi connectivity index (χ3n) is 6.08. The molecule has 9 nitrogen and oxygen atoms in total. The van der Waals surface area contributed by atoms with E-state index in [0.717, 1.165) is 5.69 Å². The Kier molecular flexibility index (Phi) is 5.09. The molecule has 2 fully saturated rings. The molecule has 0 bridgehead atoms. The van der Waals surface area contributed by atoms with Gasteiger partial charge in [0.15, 0.2) is 5.84 Å². The molecule has 5 rings (SSSR count). The molecular formula is C22H23N5O4S. The van der Waals surface area contributed by atoms with Crippen molar-refractivity contribution in [3.8, 4) is 0 Å². The van der Waals surface area contributed by atoms with Crippen LogP contribution in [0.3, 0.4) is 0 Å². The predicted molar refractivity (Wildman–Crippen MR) is 120 cm³/mol. The van der Waals surface area contributed by atoms with Crippen LogP contribution in [0.4, 0.5) is 16.2 Å². The molecule has 3 heterocycles. The highest BCUT2D eigenvalue weighted by Gasteiger charge is 2.34. The Morgan fingerprint density at radius 2 is 1.75 bits per heavy atom. The molecule has 0 unspecified atom stereocenters. The first-order chi connectivity index (χ1) is 15.4. The van der Waals surface area contributed by atoms with Crippen LogP contribution in [0.15, 0.2) is 57.8 Å². The predicted octanol–water partition coefficient (Wildman–Crippen LogP) is 2.02. The number of nitrogens with one attached hydrogen (secondary N) is 2. The molecule has 166 valence electrons. The van der Waals surface area contributed by atoms with Gasteiger partial charge in [0.1, 0.15) is 4.90 Å². The van der Waals surface area contributed by atoms with Crippen molar-refractivity contribution in [3.05, 3.63) is 54.1 Å². The van der Waals surface area contributed by atoms with Crippen LogP contribution in [-0.4, -0.2) is 57.3 Å². The van der Waals surface area contributed by atoms with Crippen molar-refractivity contribution in [1.82, 2.24) is 10.2 Å². The number of nitrogens with zero attached hydrogens (tertiary/aromatic N) is 3. The summed E-state index contributed by atoms with van der Waals surface area (Å²) in [6, 6.07) is 13.9. The molecule has 2 aromatic rings. The Hall–Kier alpha value is -3.40. The minimum absolute atomic E-state index is 0.0577. The second-order valence-electron chi connectivity index (χ2n) is 8.07. The topological polar surface area (TPSA) is 111 Å². The molecule has 0 aliphatic carbocycles. The number of anilines is 2. The standard InChI is InChI=1S/C22H23N5O4S/c28-21(24-16-5-7-17(8-6-16)27-14-11-23-22(27)29)15-9-12-26(13-10-15)20-18-3-1-2-4-19(18)32(30,31)25-20/h1-8,15H,9-14H2,(H,23,29)(H,24,28). The zero-order valence-corrected chi connectivity index (χ0v) is 18.1. The number of sulfonamides is 1. The van der Waals surface area contributed by atoms with Gasteiger partial charge in [-0.25, -0.2) is 4.79 Å². The monoisotopic (exact) mass is 453 g/mol. The number of carbonyl (C=O) groups is 2. The van der Waals surface area contributed by atoms with E-state index in [2.05, 4.69) is 15.0 Å². The van der Waals surface area contributed by atoms with Crippen molar-refractivity contribution in [2.24, 2.45) is 10.3 Å². The molecule has 0 aromatic heterocycles. The van der Waals surface area contributed by atoms with Gasteiger partial charge in [0.2, 0.25) is 5.91 Å². The lowest BCUT2D eigenvalue weighted by Crippen LogP contribution is -2.41. The van der Waals surface area contributed by atoms with Crippen molar-refractivity contribution in [2.45, 2.75) is 17.7 Å². The molecule has 32 heavy (non-hydrogen) atoms. The van der Waals surface area contributed by atoms with Crippen LogP contribution < -0.4 is 15.5 Å². The smallest absolute Gasteiger partial charge is 0.321 e. The second-order valence-corrected chi connectivity index (χ2v) is 9.64. The molecule has 10 heteroatoms. The van der Waals surface area contributed by atoms with Crippen LogP contribution >= 0.6 is 0 Å². The molecule has 0 atom stereocenters. The number of benzene rings is 2. The van der Waals surface area contributed by atoms with E-state index in [1.54, 1.807) is 41.3 Å². The molecule has 0 saturated carbocycles. The lowest BCUT2D eigenvalue weighted by Gasteiger charge is -2.32. The lowest BCUT2D eigenvalue weighted by molar-refractivity contribution is -0.120. The Balaban J connectivity index is 1.20. The Morgan fingerprint density at radius 3 is 2.44 bits per heavy atom. The summed E-state index contributed by atoms with van der Waals surface area (Å²) in [5.41, 5.74) is 2.10. The van der Waals surface area contributed by atoms with Crippen LogP contribution in [0.2, 0.25) is 0 Å². The number of hydrogen-bond acceptors (Lipinski definition) is 5. The average Bonchev–Trinajstić information content (AvgIpc) is 3.35. The van der Waals surface area contributed by atoms with Crippen molar-refractivity contribution in [2.75, 3.05) is 36.4 Å². The van der Waals surface area contributed by atoms with Crippen molar-refractivity contribution < 1.29 is 18.0 Å². The molecule has 0 radical (unpaired) electrons. The van der Waals surface area contributed by atoms with Gasteiger partial charge < -0.3 is 15.5 Å². The minimum Gasteiger partial charge on any atom is -0.355 e. The first kappa shape index (κ1) is 20.5. The molecular weight excluding hydrogens is 430 g/mol. The molecule has 3 aliphatic heterocycles. The van der Waals surface area contributed by atoms with Gasteiger partial charge in [-0.1, -0.05) is 12.1 Å². The normalized spacial score (nSPS) is 20.0. The minimum atomic E-state index is -3.65. The van der Waals surface area contributed by atoms with E-state index in [4.69, 9.17) is 0 Å². The number of likely N-dealkylation sites (tertiary alicyclic amines) is 1. The fourth-order valence-electron chi connectivity index (χ4n) is 4.36. The van der Waals surface area contributed by atoms with Crippen molar-refractivity contribution >= 4 is 39.2 Å². The first-order valence-corrected chi connectivity index (χ1v) is 12.0. The fourth-order valence-corrected chi connectivity index (χ4v) is 5.58. The molecule has 3 aliphatic rings. The lowest BCUT2D eigenvalue weighted by atomic mass is 9.95. The molecule has 2 saturated heterocycles. The summed E-state index contributed by atoms with van der Waals surface area (Å²) in [7, 11) is -3.65. The molecule has 3 amide bonds. The fraction of sp³-hybridized carbons (Fsp3) is 0.318. The second kappa shape index (κ2) is 7.94. The maximum Gasteiger partial charge on any atom is 0.321 e. The summed E-state index contributed by atoms with van der Waals surface area (Å²) < 4.78 is 28.6. The quantitative estimate of drug-likeness (QED) is 0.739. The SMILES string of the molecule is O=C(Nc1ccc(N2CCNC2=O)cc1)C1CCN(C2=NS(=O)(=O)c3ccccc32)CC1. The summed E-state index contributed by atoms with van der Waals surface area (Å²) in [6.07, 6.45) is 1.22. The molecule has 2 aromatic carbocycles. The highest BCUT2D eigenvalue weighted by atomic mass is 32.2. The number of piperidine rings is 1. The number of carbonyl (C=O) groups excluding carboxylic acids is 2. The van der Waals surface area contributed by atoms with Crippen LogP contribution in [0.25, 0.3) is 0 Å². The van der Waals surface area contributed by atoms with Crippen molar-refractivity contribution in [3.63, 3.8) is 0 Å². The van der Waals surface area contributed by atoms with Gasteiger partial charge in [-0.2, -0.15) is 8.42 Å². The van der Waals surface area contributed by atoms with E-state index in [1.165, 1.54) is 0 Å². The number of hydrogen-bond donors (Lipinski definition) is 2. The molecule has 2 N–H and O–H groups in total. The van der Waals surface area contributed by atoms with Crippen LogP contribution in [-0.2, 0) is 14.8 Å². The summed E-state index contributed by atoms with van der Waals surface area (Å²) in [4.78, 5) is 28.4. The largest absolute Gasteiger partial charge is 0.355 e. The third kappa shape index (κ3) is 3.70. The van der Waals surface area contributed by atoms with E-state index < -0.39 is 10.0 Å². The van der Waals surface area contributed by atoms with Crippen LogP contribution in [0.1, 0.15) is 18.4 Å². The molecule has 0 spiro atoms. The first-order valence-electron chi connectivity index (χ1n) is 10.6. The average molecular weight is 454 g/mol. The van der Waals surface area contributed by atoms with Gasteiger partial charge in [-0.05, 0) is 49.2 Å². The Morgan fingerprint density at radius 1 is 1.03 bits per heavy atom. The Bertz CT molecular complexity index is 1200. The number of amides is 3. The third-order valence-corrected chi connectivity index (χ3v) is 7.41. The van der Waals surface area contributed by atoms with Crippen molar-refractivity contribution in [1.29, 1.82) is 0 Å². The van der Waals surface area contributed by atoms with Crippen LogP contribution in [0.5, 0.6) is 0 Å². The van der Waals surface area contributed by atoms with Gasteiger partial charge in [0.05, 0.1) is 0 Å². The number of amidine groups is 1. The van der Waals surface area contributed by atoms with E-state index in [1.807, 2.05) is 17.0 Å². The summed E-state index contributed by atoms with van der Waals surface area (Å²) in [5.74, 6) is 0.253. The number of rotatable bonds is 3. The van der Waals surface area contributed by atoms with Gasteiger partial charge in [0, 0.05) is 49.0 Å². The van der Waals surface area contributed by atoms with E-state index in [0.29, 0.717) is 56.1 Å².